The SMILES string of the molecule is C=CCOc1c(F)cc(-c2ccc(C3CCC([C@H]4CC[C@H](CCC)CC4)CC3)cc2)cc1F. The fraction of sp³-hybridized carbons (Fsp3) is 0.533. The molecule has 0 aliphatic heterocycles. The molecule has 178 valence electrons. The third-order valence-corrected chi connectivity index (χ3v) is 8.09. The van der Waals surface area contributed by atoms with Crippen molar-refractivity contribution < 1.29 is 13.5 Å². The van der Waals surface area contributed by atoms with Crippen LogP contribution in [0.3, 0.4) is 0 Å². The van der Waals surface area contributed by atoms with Gasteiger partial charge in [0.05, 0.1) is 0 Å². The molecule has 2 aromatic rings. The average Bonchev–Trinajstić information content (AvgIpc) is 2.84. The van der Waals surface area contributed by atoms with Crippen molar-refractivity contribution in [2.45, 2.75) is 77.0 Å². The molecule has 33 heavy (non-hydrogen) atoms. The molecule has 2 aliphatic carbocycles. The van der Waals surface area contributed by atoms with Gasteiger partial charge in [-0.2, -0.15) is 0 Å². The van der Waals surface area contributed by atoms with E-state index in [1.807, 2.05) is 12.1 Å². The summed E-state index contributed by atoms with van der Waals surface area (Å²) in [5.74, 6) is 1.75. The molecule has 0 atom stereocenters. The highest BCUT2D eigenvalue weighted by atomic mass is 19.1. The van der Waals surface area contributed by atoms with Gasteiger partial charge in [0, 0.05) is 0 Å². The van der Waals surface area contributed by atoms with Crippen LogP contribution in [-0.2, 0) is 0 Å². The maximum absolute atomic E-state index is 14.3. The fourth-order valence-corrected chi connectivity index (χ4v) is 6.23. The Hall–Kier alpha value is -2.16. The average molecular weight is 453 g/mol. The van der Waals surface area contributed by atoms with Crippen LogP contribution in [0.4, 0.5) is 8.78 Å². The summed E-state index contributed by atoms with van der Waals surface area (Å²) in [7, 11) is 0. The van der Waals surface area contributed by atoms with Gasteiger partial charge < -0.3 is 4.74 Å². The van der Waals surface area contributed by atoms with E-state index < -0.39 is 11.6 Å². The van der Waals surface area contributed by atoms with E-state index in [2.05, 4.69) is 25.6 Å². The third kappa shape index (κ3) is 5.86. The minimum absolute atomic E-state index is 0.0737. The number of rotatable bonds is 8. The normalized spacial score (nSPS) is 25.5. The smallest absolute Gasteiger partial charge is 0.191 e. The molecule has 0 heterocycles. The first-order valence-corrected chi connectivity index (χ1v) is 12.9. The summed E-state index contributed by atoms with van der Waals surface area (Å²) in [6, 6.07) is 11.0. The summed E-state index contributed by atoms with van der Waals surface area (Å²) in [6.07, 6.45) is 15.2. The summed E-state index contributed by atoms with van der Waals surface area (Å²) in [6.45, 7) is 5.90. The molecular weight excluding hydrogens is 414 g/mol. The predicted molar refractivity (Wildman–Crippen MR) is 133 cm³/mol. The van der Waals surface area contributed by atoms with Crippen molar-refractivity contribution in [1.82, 2.24) is 0 Å². The number of ether oxygens (including phenoxy) is 1. The Bertz CT molecular complexity index is 880. The number of benzene rings is 2. The maximum atomic E-state index is 14.3. The quantitative estimate of drug-likeness (QED) is 0.363. The van der Waals surface area contributed by atoms with E-state index in [0.29, 0.717) is 11.5 Å². The number of hydrogen-bond acceptors (Lipinski definition) is 1. The summed E-state index contributed by atoms with van der Waals surface area (Å²) < 4.78 is 33.8. The van der Waals surface area contributed by atoms with Crippen molar-refractivity contribution in [2.24, 2.45) is 17.8 Å². The van der Waals surface area contributed by atoms with E-state index in [9.17, 15) is 8.78 Å². The molecule has 2 fully saturated rings. The summed E-state index contributed by atoms with van der Waals surface area (Å²) >= 11 is 0. The van der Waals surface area contributed by atoms with E-state index in [0.717, 1.165) is 23.3 Å². The molecule has 0 spiro atoms. The van der Waals surface area contributed by atoms with E-state index in [1.165, 1.54) is 88.0 Å². The Morgan fingerprint density at radius 2 is 1.42 bits per heavy atom. The third-order valence-electron chi connectivity index (χ3n) is 8.09. The molecule has 2 aliphatic rings. The Morgan fingerprint density at radius 3 is 1.97 bits per heavy atom. The molecule has 2 aromatic carbocycles. The van der Waals surface area contributed by atoms with E-state index in [-0.39, 0.29) is 12.4 Å². The summed E-state index contributed by atoms with van der Waals surface area (Å²) in [5.41, 5.74) is 2.71. The standard InChI is InChI=1S/C30H38F2O/c1-3-5-21-6-8-22(9-7-21)23-10-12-24(13-11-23)25-14-16-26(17-15-25)27-19-28(31)30(29(32)20-27)33-18-4-2/h4,14-17,19-24H,2-3,5-13,18H2,1H3/t21-,22-,23?,24?. The molecule has 3 heteroatoms. The zero-order chi connectivity index (χ0) is 23.2. The number of halogens is 2. The second-order valence-corrected chi connectivity index (χ2v) is 10.2. The Morgan fingerprint density at radius 1 is 0.848 bits per heavy atom. The van der Waals surface area contributed by atoms with Gasteiger partial charge in [-0.1, -0.05) is 69.5 Å². The van der Waals surface area contributed by atoms with Crippen LogP contribution >= 0.6 is 0 Å². The molecule has 0 bridgehead atoms. The molecule has 0 N–H and O–H groups in total. The lowest BCUT2D eigenvalue weighted by Crippen LogP contribution is -2.25. The van der Waals surface area contributed by atoms with Crippen LogP contribution in [-0.4, -0.2) is 6.61 Å². The maximum Gasteiger partial charge on any atom is 0.191 e. The topological polar surface area (TPSA) is 9.23 Å². The molecule has 0 unspecified atom stereocenters. The first kappa shape index (κ1) is 24.0. The van der Waals surface area contributed by atoms with Crippen molar-refractivity contribution in [3.8, 4) is 16.9 Å². The van der Waals surface area contributed by atoms with E-state index >= 15 is 0 Å². The van der Waals surface area contributed by atoms with Crippen molar-refractivity contribution in [3.63, 3.8) is 0 Å². The zero-order valence-corrected chi connectivity index (χ0v) is 20.0. The van der Waals surface area contributed by atoms with Crippen LogP contribution < -0.4 is 4.74 Å². The summed E-state index contributed by atoms with van der Waals surface area (Å²) in [5, 5.41) is 0. The van der Waals surface area contributed by atoms with Crippen molar-refractivity contribution in [1.29, 1.82) is 0 Å². The van der Waals surface area contributed by atoms with Gasteiger partial charge in [-0.05, 0) is 91.0 Å². The molecule has 0 saturated heterocycles. The monoisotopic (exact) mass is 452 g/mol. The molecule has 2 saturated carbocycles. The van der Waals surface area contributed by atoms with Gasteiger partial charge in [-0.15, -0.1) is 0 Å². The number of hydrogen-bond donors (Lipinski definition) is 0. The molecular formula is C30H38F2O. The van der Waals surface area contributed by atoms with Gasteiger partial charge in [0.15, 0.2) is 17.4 Å². The molecule has 1 nitrogen and oxygen atoms in total. The molecule has 0 amide bonds. The van der Waals surface area contributed by atoms with Crippen LogP contribution in [0, 0.1) is 29.4 Å². The van der Waals surface area contributed by atoms with Crippen LogP contribution in [0.15, 0.2) is 49.1 Å². The minimum atomic E-state index is -0.682. The van der Waals surface area contributed by atoms with Gasteiger partial charge in [0.2, 0.25) is 0 Å². The lowest BCUT2D eigenvalue weighted by molar-refractivity contribution is 0.156. The highest BCUT2D eigenvalue weighted by Crippen LogP contribution is 2.44. The van der Waals surface area contributed by atoms with Crippen LogP contribution in [0.1, 0.15) is 82.6 Å². The predicted octanol–water partition coefficient (Wildman–Crippen LogP) is 9.08. The second-order valence-electron chi connectivity index (χ2n) is 10.2. The largest absolute Gasteiger partial charge is 0.483 e. The highest BCUT2D eigenvalue weighted by Gasteiger charge is 2.31. The van der Waals surface area contributed by atoms with Crippen LogP contribution in [0.5, 0.6) is 5.75 Å². The molecule has 0 aromatic heterocycles. The first-order valence-electron chi connectivity index (χ1n) is 12.9. The van der Waals surface area contributed by atoms with Gasteiger partial charge >= 0.3 is 0 Å². The van der Waals surface area contributed by atoms with Gasteiger partial charge in [0.1, 0.15) is 6.61 Å². The minimum Gasteiger partial charge on any atom is -0.483 e. The first-order chi connectivity index (χ1) is 16.1. The zero-order valence-electron chi connectivity index (χ0n) is 20.0. The van der Waals surface area contributed by atoms with Gasteiger partial charge in [0.25, 0.3) is 0 Å². The van der Waals surface area contributed by atoms with Gasteiger partial charge in [-0.3, -0.25) is 0 Å². The van der Waals surface area contributed by atoms with Crippen molar-refractivity contribution in [2.75, 3.05) is 6.61 Å². The Kier molecular flexibility index (Phi) is 8.22. The lowest BCUT2D eigenvalue weighted by Gasteiger charge is -2.38. The van der Waals surface area contributed by atoms with Crippen LogP contribution in [0.25, 0.3) is 11.1 Å². The fourth-order valence-electron chi connectivity index (χ4n) is 6.23. The van der Waals surface area contributed by atoms with E-state index in [4.69, 9.17) is 4.74 Å². The molecule has 4 rings (SSSR count). The molecule has 0 radical (unpaired) electrons. The highest BCUT2D eigenvalue weighted by molar-refractivity contribution is 5.65. The lowest BCUT2D eigenvalue weighted by atomic mass is 9.68. The second kappa shape index (κ2) is 11.3. The summed E-state index contributed by atoms with van der Waals surface area (Å²) in [4.78, 5) is 0. The van der Waals surface area contributed by atoms with E-state index in [1.54, 1.807) is 0 Å². The van der Waals surface area contributed by atoms with Crippen molar-refractivity contribution in [3.05, 3.63) is 66.3 Å². The van der Waals surface area contributed by atoms with Crippen LogP contribution in [0.2, 0.25) is 0 Å². The Balaban J connectivity index is 1.34. The van der Waals surface area contributed by atoms with Crippen molar-refractivity contribution >= 4 is 0 Å². The van der Waals surface area contributed by atoms with Gasteiger partial charge in [-0.25, -0.2) is 8.78 Å². The Labute approximate surface area is 198 Å².